The molecule has 0 radical (unpaired) electrons. The lowest BCUT2D eigenvalue weighted by Crippen LogP contribution is -2.22. The molecule has 0 aliphatic heterocycles. The number of hydrogen-bond donors (Lipinski definition) is 3. The van der Waals surface area contributed by atoms with Gasteiger partial charge in [-0.2, -0.15) is 0 Å². The van der Waals surface area contributed by atoms with E-state index in [1.165, 1.54) is 43.2 Å². The normalized spacial score (nSPS) is 11.2. The van der Waals surface area contributed by atoms with Crippen molar-refractivity contribution in [3.05, 3.63) is 69.9 Å². The molecule has 6 nitrogen and oxygen atoms in total. The quantitative estimate of drug-likeness (QED) is 0.461. The SMILES string of the molecule is CN=Cc1c(-c2cc(N)ccc2Nc2c(F)cc(F)cc2F)cn(C)c(=O)c1N. The molecule has 0 aliphatic carbocycles. The summed E-state index contributed by atoms with van der Waals surface area (Å²) in [5.74, 6) is -3.23. The molecule has 1 aromatic heterocycles. The highest BCUT2D eigenvalue weighted by atomic mass is 19.1. The Bertz CT molecular complexity index is 1160. The van der Waals surface area contributed by atoms with Crippen molar-refractivity contribution in [3.8, 4) is 11.1 Å². The van der Waals surface area contributed by atoms with Gasteiger partial charge in [-0.1, -0.05) is 0 Å². The second-order valence-corrected chi connectivity index (χ2v) is 6.35. The maximum Gasteiger partial charge on any atom is 0.274 e. The molecule has 0 fully saturated rings. The lowest BCUT2D eigenvalue weighted by molar-refractivity contribution is 0.549. The second kappa shape index (κ2) is 7.70. The minimum absolute atomic E-state index is 0.0388. The Hall–Kier alpha value is -3.75. The summed E-state index contributed by atoms with van der Waals surface area (Å²) in [7, 11) is 3.04. The van der Waals surface area contributed by atoms with E-state index in [1.807, 2.05) is 0 Å². The molecule has 0 bridgehead atoms. The van der Waals surface area contributed by atoms with Crippen LogP contribution < -0.4 is 22.3 Å². The lowest BCUT2D eigenvalue weighted by atomic mass is 9.98. The Morgan fingerprint density at radius 2 is 1.72 bits per heavy atom. The number of hydrogen-bond acceptors (Lipinski definition) is 5. The molecule has 2 aromatic carbocycles. The van der Waals surface area contributed by atoms with Crippen LogP contribution in [0.2, 0.25) is 0 Å². The first-order chi connectivity index (χ1) is 13.7. The molecule has 0 unspecified atom stereocenters. The highest BCUT2D eigenvalue weighted by molar-refractivity contribution is 5.99. The molecule has 0 spiro atoms. The Morgan fingerprint density at radius 3 is 2.34 bits per heavy atom. The summed E-state index contributed by atoms with van der Waals surface area (Å²) in [6.45, 7) is 0. The van der Waals surface area contributed by atoms with Gasteiger partial charge in [-0.15, -0.1) is 0 Å². The van der Waals surface area contributed by atoms with Crippen LogP contribution in [0.1, 0.15) is 5.56 Å². The van der Waals surface area contributed by atoms with Gasteiger partial charge in [-0.25, -0.2) is 13.2 Å². The van der Waals surface area contributed by atoms with Crippen molar-refractivity contribution >= 4 is 29.0 Å². The lowest BCUT2D eigenvalue weighted by Gasteiger charge is -2.17. The first-order valence-electron chi connectivity index (χ1n) is 8.45. The summed E-state index contributed by atoms with van der Waals surface area (Å²) < 4.78 is 42.8. The molecule has 5 N–H and O–H groups in total. The molecule has 0 saturated carbocycles. The maximum absolute atomic E-state index is 14.1. The zero-order valence-corrected chi connectivity index (χ0v) is 15.6. The Labute approximate surface area is 164 Å². The number of nitrogens with one attached hydrogen (secondary N) is 1. The van der Waals surface area contributed by atoms with Gasteiger partial charge >= 0.3 is 0 Å². The summed E-state index contributed by atoms with van der Waals surface area (Å²) in [4.78, 5) is 16.1. The van der Waals surface area contributed by atoms with Crippen LogP contribution in [0.25, 0.3) is 11.1 Å². The van der Waals surface area contributed by atoms with Crippen LogP contribution in [0.4, 0.5) is 35.9 Å². The van der Waals surface area contributed by atoms with E-state index in [0.717, 1.165) is 0 Å². The molecular weight excluding hydrogens is 383 g/mol. The fourth-order valence-corrected chi connectivity index (χ4v) is 2.94. The third kappa shape index (κ3) is 3.79. The van der Waals surface area contributed by atoms with Crippen LogP contribution in [0.3, 0.4) is 0 Å². The molecular formula is C20H18F3N5O. The van der Waals surface area contributed by atoms with E-state index in [9.17, 15) is 18.0 Å². The topological polar surface area (TPSA) is 98.4 Å². The minimum atomic E-state index is -1.10. The summed E-state index contributed by atoms with van der Waals surface area (Å²) in [5, 5.41) is 2.64. The second-order valence-electron chi connectivity index (χ2n) is 6.35. The van der Waals surface area contributed by atoms with Gasteiger partial charge in [0.1, 0.15) is 17.2 Å². The van der Waals surface area contributed by atoms with E-state index < -0.39 is 28.7 Å². The molecule has 0 atom stereocenters. The molecule has 0 saturated heterocycles. The Kier molecular flexibility index (Phi) is 5.31. The average Bonchev–Trinajstić information content (AvgIpc) is 2.66. The number of aromatic nitrogens is 1. The van der Waals surface area contributed by atoms with Gasteiger partial charge in [0, 0.05) is 66.7 Å². The number of rotatable bonds is 4. The van der Waals surface area contributed by atoms with Crippen LogP contribution >= 0.6 is 0 Å². The first kappa shape index (κ1) is 20.0. The third-order valence-corrected chi connectivity index (χ3v) is 4.31. The van der Waals surface area contributed by atoms with E-state index in [-0.39, 0.29) is 11.4 Å². The zero-order chi connectivity index (χ0) is 21.3. The predicted octanol–water partition coefficient (Wildman–Crippen LogP) is 3.43. The van der Waals surface area contributed by atoms with Gasteiger partial charge in [0.25, 0.3) is 5.56 Å². The van der Waals surface area contributed by atoms with Crippen LogP contribution in [-0.4, -0.2) is 17.8 Å². The number of pyridine rings is 1. The van der Waals surface area contributed by atoms with Crippen LogP contribution in [0.15, 0.2) is 46.3 Å². The predicted molar refractivity (Wildman–Crippen MR) is 109 cm³/mol. The summed E-state index contributed by atoms with van der Waals surface area (Å²) in [6, 6.07) is 5.75. The van der Waals surface area contributed by atoms with E-state index in [1.54, 1.807) is 6.07 Å². The van der Waals surface area contributed by atoms with E-state index in [0.29, 0.717) is 34.5 Å². The van der Waals surface area contributed by atoms with Crippen molar-refractivity contribution < 1.29 is 13.2 Å². The fraction of sp³-hybridized carbons (Fsp3) is 0.100. The summed E-state index contributed by atoms with van der Waals surface area (Å²) >= 11 is 0. The van der Waals surface area contributed by atoms with Crippen molar-refractivity contribution in [1.29, 1.82) is 0 Å². The van der Waals surface area contributed by atoms with Crippen molar-refractivity contribution in [1.82, 2.24) is 4.57 Å². The fourth-order valence-electron chi connectivity index (χ4n) is 2.94. The van der Waals surface area contributed by atoms with Gasteiger partial charge in [0.05, 0.1) is 0 Å². The van der Waals surface area contributed by atoms with Gasteiger partial charge < -0.3 is 21.4 Å². The number of nitrogens with zero attached hydrogens (tertiary/aromatic N) is 2. The number of aliphatic imine (C=N–C) groups is 1. The number of halogens is 3. The van der Waals surface area contributed by atoms with Gasteiger partial charge in [-0.05, 0) is 18.2 Å². The number of nitrogens with two attached hydrogens (primary N) is 2. The Morgan fingerprint density at radius 1 is 1.07 bits per heavy atom. The summed E-state index contributed by atoms with van der Waals surface area (Å²) in [5.41, 5.74) is 12.8. The maximum atomic E-state index is 14.1. The molecule has 29 heavy (non-hydrogen) atoms. The van der Waals surface area contributed by atoms with Crippen LogP contribution in [0.5, 0.6) is 0 Å². The number of aryl methyl sites for hydroxylation is 1. The van der Waals surface area contributed by atoms with Gasteiger partial charge in [-0.3, -0.25) is 9.79 Å². The smallest absolute Gasteiger partial charge is 0.274 e. The van der Waals surface area contributed by atoms with E-state index in [4.69, 9.17) is 11.5 Å². The molecule has 0 aliphatic rings. The highest BCUT2D eigenvalue weighted by Crippen LogP contribution is 2.36. The van der Waals surface area contributed by atoms with Crippen molar-refractivity contribution in [2.24, 2.45) is 12.0 Å². The van der Waals surface area contributed by atoms with Crippen molar-refractivity contribution in [2.75, 3.05) is 23.8 Å². The van der Waals surface area contributed by atoms with Crippen LogP contribution in [0, 0.1) is 17.5 Å². The standard InChI is InChI=1S/C20H18F3N5O/c1-26-8-13-14(9-28(2)20(29)18(13)25)12-7-11(24)3-4-17(12)27-19-15(22)5-10(21)6-16(19)23/h3-9,27H,24-25H2,1-2H3. The molecule has 0 amide bonds. The average molecular weight is 401 g/mol. The zero-order valence-electron chi connectivity index (χ0n) is 15.6. The van der Waals surface area contributed by atoms with Crippen LogP contribution in [-0.2, 0) is 7.05 Å². The Balaban J connectivity index is 2.26. The molecule has 150 valence electrons. The minimum Gasteiger partial charge on any atom is -0.399 e. The monoisotopic (exact) mass is 401 g/mol. The van der Waals surface area contributed by atoms with E-state index >= 15 is 0 Å². The van der Waals surface area contributed by atoms with Gasteiger partial charge in [0.2, 0.25) is 0 Å². The van der Waals surface area contributed by atoms with Gasteiger partial charge in [0.15, 0.2) is 11.6 Å². The highest BCUT2D eigenvalue weighted by Gasteiger charge is 2.18. The molecule has 3 rings (SSSR count). The van der Waals surface area contributed by atoms with E-state index in [2.05, 4.69) is 10.3 Å². The largest absolute Gasteiger partial charge is 0.399 e. The molecule has 1 heterocycles. The molecule has 9 heteroatoms. The number of benzene rings is 2. The third-order valence-electron chi connectivity index (χ3n) is 4.31. The number of anilines is 4. The summed E-state index contributed by atoms with van der Waals surface area (Å²) in [6.07, 6.45) is 2.94. The number of nitrogen functional groups attached to an aromatic ring is 2. The van der Waals surface area contributed by atoms with Crippen molar-refractivity contribution in [2.45, 2.75) is 0 Å². The van der Waals surface area contributed by atoms with Crippen molar-refractivity contribution in [3.63, 3.8) is 0 Å². The first-order valence-corrected chi connectivity index (χ1v) is 8.45. The molecule has 3 aromatic rings.